The van der Waals surface area contributed by atoms with Gasteiger partial charge in [-0.3, -0.25) is 0 Å². The minimum atomic E-state index is 1.05. The van der Waals surface area contributed by atoms with Gasteiger partial charge in [-0.15, -0.1) is 0 Å². The lowest BCUT2D eigenvalue weighted by Crippen LogP contribution is -2.24. The molecule has 0 bridgehead atoms. The molecule has 3 aliphatic rings. The summed E-state index contributed by atoms with van der Waals surface area (Å²) in [5.41, 5.74) is 0. The van der Waals surface area contributed by atoms with Crippen LogP contribution in [0.4, 0.5) is 0 Å². The average Bonchev–Trinajstić information content (AvgIpc) is 2.99. The summed E-state index contributed by atoms with van der Waals surface area (Å²) in [6.07, 6.45) is 20.0. The Kier molecular flexibility index (Phi) is 6.24. The van der Waals surface area contributed by atoms with Crippen LogP contribution in [0.15, 0.2) is 0 Å². The van der Waals surface area contributed by atoms with Crippen LogP contribution in [0, 0.1) is 29.6 Å². The van der Waals surface area contributed by atoms with Crippen LogP contribution in [0.25, 0.3) is 0 Å². The maximum absolute atomic E-state index is 2.41. The molecule has 0 radical (unpaired) electrons. The number of hydrogen-bond donors (Lipinski definition) is 0. The molecule has 3 rings (SSSR count). The molecule has 0 N–H and O–H groups in total. The van der Waals surface area contributed by atoms with E-state index in [0.29, 0.717) is 0 Å². The number of nitrogens with zero attached hydrogens (tertiary/aromatic N) is 1. The lowest BCUT2D eigenvalue weighted by molar-refractivity contribution is 0.183. The highest BCUT2D eigenvalue weighted by molar-refractivity contribution is 4.91. The van der Waals surface area contributed by atoms with Crippen molar-refractivity contribution in [2.24, 2.45) is 29.6 Å². The molecule has 0 aromatic heterocycles. The first-order valence-corrected chi connectivity index (χ1v) is 10.4. The van der Waals surface area contributed by atoms with Crippen molar-refractivity contribution in [1.29, 1.82) is 0 Å². The second-order valence-electron chi connectivity index (χ2n) is 9.04. The number of rotatable bonds is 5. The van der Waals surface area contributed by atoms with Crippen molar-refractivity contribution in [2.75, 3.05) is 20.6 Å². The molecular formula is C21H39N. The van der Waals surface area contributed by atoms with Crippen molar-refractivity contribution in [1.82, 2.24) is 4.90 Å². The van der Waals surface area contributed by atoms with E-state index in [1.54, 1.807) is 38.5 Å². The van der Waals surface area contributed by atoms with Gasteiger partial charge in [0.15, 0.2) is 0 Å². The van der Waals surface area contributed by atoms with Crippen LogP contribution in [0.3, 0.4) is 0 Å². The van der Waals surface area contributed by atoms with Crippen molar-refractivity contribution in [3.63, 3.8) is 0 Å². The van der Waals surface area contributed by atoms with Crippen molar-refractivity contribution in [2.45, 2.75) is 83.5 Å². The quantitative estimate of drug-likeness (QED) is 0.626. The molecular weight excluding hydrogens is 266 g/mol. The standard InChI is InChI=1S/C21H39N/c1-22(2)14-13-19-15-20(17-9-5-3-6-10-17)16-21(19)18-11-7-4-8-12-18/h17-21H,3-16H2,1-2H3. The Balaban J connectivity index is 1.61. The first-order valence-electron chi connectivity index (χ1n) is 10.4. The zero-order chi connectivity index (χ0) is 15.4. The molecule has 1 nitrogen and oxygen atoms in total. The van der Waals surface area contributed by atoms with Gasteiger partial charge in [0.25, 0.3) is 0 Å². The van der Waals surface area contributed by atoms with E-state index in [0.717, 1.165) is 29.6 Å². The monoisotopic (exact) mass is 305 g/mol. The van der Waals surface area contributed by atoms with E-state index in [2.05, 4.69) is 19.0 Å². The lowest BCUT2D eigenvalue weighted by atomic mass is 9.74. The van der Waals surface area contributed by atoms with Crippen molar-refractivity contribution in [3.05, 3.63) is 0 Å². The third kappa shape index (κ3) is 4.28. The van der Waals surface area contributed by atoms with Gasteiger partial charge in [0.2, 0.25) is 0 Å². The van der Waals surface area contributed by atoms with Crippen LogP contribution >= 0.6 is 0 Å². The Morgan fingerprint density at radius 3 is 1.86 bits per heavy atom. The van der Waals surface area contributed by atoms with Crippen LogP contribution < -0.4 is 0 Å². The first kappa shape index (κ1) is 16.8. The van der Waals surface area contributed by atoms with Crippen molar-refractivity contribution in [3.8, 4) is 0 Å². The van der Waals surface area contributed by atoms with Crippen LogP contribution in [0.2, 0.25) is 0 Å². The molecule has 0 aromatic carbocycles. The van der Waals surface area contributed by atoms with Gasteiger partial charge in [-0.05, 0) is 69.5 Å². The SMILES string of the molecule is CN(C)CCC1CC(C2CCCCC2)CC1C1CCCCC1. The topological polar surface area (TPSA) is 3.24 Å². The van der Waals surface area contributed by atoms with Gasteiger partial charge in [0, 0.05) is 0 Å². The van der Waals surface area contributed by atoms with E-state index >= 15 is 0 Å². The zero-order valence-electron chi connectivity index (χ0n) is 15.2. The zero-order valence-corrected chi connectivity index (χ0v) is 15.2. The second-order valence-corrected chi connectivity index (χ2v) is 9.04. The Morgan fingerprint density at radius 1 is 0.682 bits per heavy atom. The van der Waals surface area contributed by atoms with E-state index in [1.165, 1.54) is 51.5 Å². The summed E-state index contributed by atoms with van der Waals surface area (Å²) in [5, 5.41) is 0. The molecule has 3 fully saturated rings. The molecule has 128 valence electrons. The average molecular weight is 306 g/mol. The van der Waals surface area contributed by atoms with Gasteiger partial charge >= 0.3 is 0 Å². The largest absolute Gasteiger partial charge is 0.309 e. The molecule has 0 aliphatic heterocycles. The van der Waals surface area contributed by atoms with Gasteiger partial charge in [0.05, 0.1) is 0 Å². The highest BCUT2D eigenvalue weighted by Crippen LogP contribution is 2.51. The van der Waals surface area contributed by atoms with Crippen LogP contribution in [-0.4, -0.2) is 25.5 Å². The molecule has 0 heterocycles. The second kappa shape index (κ2) is 8.18. The highest BCUT2D eigenvalue weighted by atomic mass is 15.0. The van der Waals surface area contributed by atoms with Crippen molar-refractivity contribution < 1.29 is 0 Å². The molecule has 0 amide bonds. The summed E-state index contributed by atoms with van der Waals surface area (Å²) in [6, 6.07) is 0. The summed E-state index contributed by atoms with van der Waals surface area (Å²) in [5.74, 6) is 5.43. The molecule has 3 saturated carbocycles. The van der Waals surface area contributed by atoms with Gasteiger partial charge < -0.3 is 4.90 Å². The van der Waals surface area contributed by atoms with Crippen LogP contribution in [-0.2, 0) is 0 Å². The molecule has 0 aromatic rings. The summed E-state index contributed by atoms with van der Waals surface area (Å²) >= 11 is 0. The Morgan fingerprint density at radius 2 is 1.27 bits per heavy atom. The molecule has 3 atom stereocenters. The minimum Gasteiger partial charge on any atom is -0.309 e. The Labute approximate surface area is 139 Å². The first-order chi connectivity index (χ1) is 10.7. The maximum atomic E-state index is 2.41. The summed E-state index contributed by atoms with van der Waals surface area (Å²) in [4.78, 5) is 2.41. The van der Waals surface area contributed by atoms with E-state index in [4.69, 9.17) is 0 Å². The van der Waals surface area contributed by atoms with E-state index in [1.807, 2.05) is 0 Å². The molecule has 0 saturated heterocycles. The fourth-order valence-corrected chi connectivity index (χ4v) is 6.09. The highest BCUT2D eigenvalue weighted by Gasteiger charge is 2.41. The van der Waals surface area contributed by atoms with Crippen LogP contribution in [0.5, 0.6) is 0 Å². The fraction of sp³-hybridized carbons (Fsp3) is 1.00. The molecule has 0 spiro atoms. The molecule has 3 unspecified atom stereocenters. The minimum absolute atomic E-state index is 1.05. The summed E-state index contributed by atoms with van der Waals surface area (Å²) in [6.45, 7) is 1.31. The fourth-order valence-electron chi connectivity index (χ4n) is 6.09. The summed E-state index contributed by atoms with van der Waals surface area (Å²) < 4.78 is 0. The molecule has 22 heavy (non-hydrogen) atoms. The van der Waals surface area contributed by atoms with Gasteiger partial charge in [-0.2, -0.15) is 0 Å². The Hall–Kier alpha value is -0.0400. The van der Waals surface area contributed by atoms with Crippen LogP contribution in [0.1, 0.15) is 83.5 Å². The van der Waals surface area contributed by atoms with Gasteiger partial charge in [0.1, 0.15) is 0 Å². The number of hydrogen-bond acceptors (Lipinski definition) is 1. The normalized spacial score (nSPS) is 35.3. The smallest absolute Gasteiger partial charge is 0.00221 e. The molecule has 1 heteroatoms. The van der Waals surface area contributed by atoms with Crippen molar-refractivity contribution >= 4 is 0 Å². The molecule has 3 aliphatic carbocycles. The third-order valence-electron chi connectivity index (χ3n) is 7.30. The Bertz CT molecular complexity index is 312. The predicted octanol–water partition coefficient (Wildman–Crippen LogP) is 5.74. The van der Waals surface area contributed by atoms with Gasteiger partial charge in [-0.25, -0.2) is 0 Å². The predicted molar refractivity (Wildman–Crippen MR) is 96.0 cm³/mol. The van der Waals surface area contributed by atoms with E-state index in [9.17, 15) is 0 Å². The third-order valence-corrected chi connectivity index (χ3v) is 7.30. The van der Waals surface area contributed by atoms with E-state index < -0.39 is 0 Å². The van der Waals surface area contributed by atoms with Gasteiger partial charge in [-0.1, -0.05) is 64.2 Å². The maximum Gasteiger partial charge on any atom is -0.00221 e. The summed E-state index contributed by atoms with van der Waals surface area (Å²) in [7, 11) is 4.51. The lowest BCUT2D eigenvalue weighted by Gasteiger charge is -2.32. The van der Waals surface area contributed by atoms with E-state index in [-0.39, 0.29) is 0 Å².